The molecule has 2 aromatic rings. The van der Waals surface area contributed by atoms with E-state index in [1.165, 1.54) is 13.2 Å². The number of sulfonamides is 1. The summed E-state index contributed by atoms with van der Waals surface area (Å²) in [6.07, 6.45) is 1.72. The van der Waals surface area contributed by atoms with E-state index in [0.717, 1.165) is 21.7 Å². The minimum atomic E-state index is -3.79. The van der Waals surface area contributed by atoms with Crippen molar-refractivity contribution in [3.63, 3.8) is 0 Å². The van der Waals surface area contributed by atoms with Crippen LogP contribution in [0.5, 0.6) is 5.75 Å². The van der Waals surface area contributed by atoms with Crippen LogP contribution in [-0.4, -0.2) is 33.7 Å². The molecule has 0 saturated carbocycles. The number of nitrogens with one attached hydrogen (secondary N) is 1. The number of nitrogens with zero attached hydrogens (tertiary/aromatic N) is 1. The molecule has 2 aromatic carbocycles. The van der Waals surface area contributed by atoms with Crippen molar-refractivity contribution in [3.05, 3.63) is 58.6 Å². The highest BCUT2D eigenvalue weighted by molar-refractivity contribution is 7.92. The first-order valence-electron chi connectivity index (χ1n) is 9.28. The molecule has 8 heteroatoms. The summed E-state index contributed by atoms with van der Waals surface area (Å²) in [6.45, 7) is 5.50. The third-order valence-electron chi connectivity index (χ3n) is 4.67. The van der Waals surface area contributed by atoms with Crippen molar-refractivity contribution in [2.24, 2.45) is 0 Å². The van der Waals surface area contributed by atoms with Crippen molar-refractivity contribution in [1.29, 1.82) is 0 Å². The highest BCUT2D eigenvalue weighted by atomic mass is 35.5. The number of hydrogen-bond acceptors (Lipinski definition) is 4. The number of carbonyl (C=O) groups excluding carboxylic acids is 1. The number of ether oxygens (including phenoxy) is 1. The molecule has 0 aliphatic rings. The Morgan fingerprint density at radius 1 is 1.21 bits per heavy atom. The lowest BCUT2D eigenvalue weighted by atomic mass is 10.0. The quantitative estimate of drug-likeness (QED) is 0.673. The van der Waals surface area contributed by atoms with Crippen molar-refractivity contribution in [2.45, 2.75) is 39.3 Å². The Labute approximate surface area is 177 Å². The molecule has 158 valence electrons. The summed E-state index contributed by atoms with van der Waals surface area (Å²) in [7, 11) is -2.36. The van der Waals surface area contributed by atoms with E-state index < -0.39 is 22.0 Å². The zero-order chi connectivity index (χ0) is 21.8. The van der Waals surface area contributed by atoms with Crippen LogP contribution >= 0.6 is 11.6 Å². The first-order chi connectivity index (χ1) is 13.6. The van der Waals surface area contributed by atoms with Crippen LogP contribution in [0, 0.1) is 6.92 Å². The summed E-state index contributed by atoms with van der Waals surface area (Å²) in [5.41, 5.74) is 2.30. The van der Waals surface area contributed by atoms with Gasteiger partial charge in [-0.3, -0.25) is 9.10 Å². The van der Waals surface area contributed by atoms with Crippen LogP contribution in [0.15, 0.2) is 42.5 Å². The number of anilines is 1. The maximum atomic E-state index is 13.0. The minimum Gasteiger partial charge on any atom is -0.495 e. The lowest BCUT2D eigenvalue weighted by Crippen LogP contribution is -2.48. The molecule has 0 bridgehead atoms. The molecule has 29 heavy (non-hydrogen) atoms. The highest BCUT2D eigenvalue weighted by Crippen LogP contribution is 2.34. The number of rotatable bonds is 8. The molecule has 1 amide bonds. The van der Waals surface area contributed by atoms with Gasteiger partial charge in [0.25, 0.3) is 0 Å². The maximum Gasteiger partial charge on any atom is 0.244 e. The second kappa shape index (κ2) is 9.50. The third kappa shape index (κ3) is 5.64. The Balaban J connectivity index is 2.36. The molecule has 1 N–H and O–H groups in total. The van der Waals surface area contributed by atoms with Crippen LogP contribution in [-0.2, 0) is 14.8 Å². The van der Waals surface area contributed by atoms with Gasteiger partial charge >= 0.3 is 0 Å². The van der Waals surface area contributed by atoms with Gasteiger partial charge in [-0.15, -0.1) is 0 Å². The molecule has 0 fully saturated rings. The van der Waals surface area contributed by atoms with Crippen LogP contribution in [0.4, 0.5) is 5.69 Å². The maximum absolute atomic E-state index is 13.0. The standard InChI is InChI=1S/C21H27ClN2O4S/c1-6-18(16-9-7-14(2)8-10-16)23-21(25)15(3)24(29(5,26)27)19-13-17(22)11-12-20(19)28-4/h7-13,15,18H,6H2,1-5H3,(H,23,25)/t15-,18+/m0/s1. The van der Waals surface area contributed by atoms with Crippen molar-refractivity contribution in [1.82, 2.24) is 5.32 Å². The number of aryl methyl sites for hydroxylation is 1. The summed E-state index contributed by atoms with van der Waals surface area (Å²) in [5, 5.41) is 3.30. The molecule has 0 unspecified atom stereocenters. The average Bonchev–Trinajstić information content (AvgIpc) is 2.66. The molecule has 0 saturated heterocycles. The Bertz CT molecular complexity index is 961. The molecular weight excluding hydrogens is 412 g/mol. The molecule has 0 aliphatic carbocycles. The third-order valence-corrected chi connectivity index (χ3v) is 6.13. The van der Waals surface area contributed by atoms with E-state index in [-0.39, 0.29) is 11.7 Å². The van der Waals surface area contributed by atoms with E-state index in [9.17, 15) is 13.2 Å². The first kappa shape index (κ1) is 23.0. The monoisotopic (exact) mass is 438 g/mol. The zero-order valence-corrected chi connectivity index (χ0v) is 18.8. The summed E-state index contributed by atoms with van der Waals surface area (Å²) >= 11 is 6.07. The Morgan fingerprint density at radius 3 is 2.34 bits per heavy atom. The minimum absolute atomic E-state index is 0.216. The van der Waals surface area contributed by atoms with E-state index in [0.29, 0.717) is 17.2 Å². The van der Waals surface area contributed by atoms with E-state index in [1.807, 2.05) is 38.1 Å². The fourth-order valence-corrected chi connectivity index (χ4v) is 4.47. The molecular formula is C21H27ClN2O4S. The fraction of sp³-hybridized carbons (Fsp3) is 0.381. The van der Waals surface area contributed by atoms with Gasteiger partial charge in [-0.25, -0.2) is 8.42 Å². The van der Waals surface area contributed by atoms with Gasteiger partial charge in [0.15, 0.2) is 0 Å². The van der Waals surface area contributed by atoms with Crippen LogP contribution in [0.1, 0.15) is 37.4 Å². The van der Waals surface area contributed by atoms with Crippen LogP contribution in [0.25, 0.3) is 0 Å². The second-order valence-corrected chi connectivity index (χ2v) is 9.23. The molecule has 2 rings (SSSR count). The average molecular weight is 439 g/mol. The van der Waals surface area contributed by atoms with E-state index in [4.69, 9.17) is 16.3 Å². The fourth-order valence-electron chi connectivity index (χ4n) is 3.13. The van der Waals surface area contributed by atoms with Crippen LogP contribution < -0.4 is 14.4 Å². The van der Waals surface area contributed by atoms with Crippen molar-refractivity contribution < 1.29 is 17.9 Å². The number of amides is 1. The molecule has 0 aliphatic heterocycles. The van der Waals surface area contributed by atoms with E-state index in [2.05, 4.69) is 5.32 Å². The lowest BCUT2D eigenvalue weighted by molar-refractivity contribution is -0.122. The number of methoxy groups -OCH3 is 1. The molecule has 0 heterocycles. The largest absolute Gasteiger partial charge is 0.495 e. The topological polar surface area (TPSA) is 75.7 Å². The summed E-state index contributed by atoms with van der Waals surface area (Å²) in [5.74, 6) is -0.102. The van der Waals surface area contributed by atoms with E-state index in [1.54, 1.807) is 19.1 Å². The summed E-state index contributed by atoms with van der Waals surface area (Å²) < 4.78 is 31.5. The SMILES string of the molecule is CC[C@@H](NC(=O)[C@H](C)N(c1cc(Cl)ccc1OC)S(C)(=O)=O)c1ccc(C)cc1. The summed E-state index contributed by atoms with van der Waals surface area (Å²) in [4.78, 5) is 13.0. The Kier molecular flexibility index (Phi) is 7.54. The van der Waals surface area contributed by atoms with Gasteiger partial charge in [-0.05, 0) is 44.0 Å². The predicted molar refractivity (Wildman–Crippen MR) is 117 cm³/mol. The Hall–Kier alpha value is -2.25. The predicted octanol–water partition coefficient (Wildman–Crippen LogP) is 4.08. The zero-order valence-electron chi connectivity index (χ0n) is 17.3. The highest BCUT2D eigenvalue weighted by Gasteiger charge is 2.32. The van der Waals surface area contributed by atoms with E-state index >= 15 is 0 Å². The number of hydrogen-bond donors (Lipinski definition) is 1. The van der Waals surface area contributed by atoms with Gasteiger partial charge in [0, 0.05) is 5.02 Å². The van der Waals surface area contributed by atoms with Gasteiger partial charge in [-0.1, -0.05) is 48.4 Å². The van der Waals surface area contributed by atoms with Crippen molar-refractivity contribution >= 4 is 33.2 Å². The second-order valence-electron chi connectivity index (χ2n) is 6.93. The van der Waals surface area contributed by atoms with Gasteiger partial charge < -0.3 is 10.1 Å². The molecule has 0 aromatic heterocycles. The molecule has 0 spiro atoms. The normalized spacial score (nSPS) is 13.4. The Morgan fingerprint density at radius 2 is 1.83 bits per heavy atom. The van der Waals surface area contributed by atoms with Crippen molar-refractivity contribution in [3.8, 4) is 5.75 Å². The van der Waals surface area contributed by atoms with Gasteiger partial charge in [0.1, 0.15) is 11.8 Å². The van der Waals surface area contributed by atoms with Crippen LogP contribution in [0.2, 0.25) is 5.02 Å². The number of benzene rings is 2. The van der Waals surface area contributed by atoms with Crippen molar-refractivity contribution in [2.75, 3.05) is 17.7 Å². The first-order valence-corrected chi connectivity index (χ1v) is 11.5. The molecule has 6 nitrogen and oxygen atoms in total. The van der Waals surface area contributed by atoms with Gasteiger partial charge in [0.2, 0.25) is 15.9 Å². The van der Waals surface area contributed by atoms with Crippen LogP contribution in [0.3, 0.4) is 0 Å². The molecule has 2 atom stereocenters. The molecule has 0 radical (unpaired) electrons. The number of halogens is 1. The lowest BCUT2D eigenvalue weighted by Gasteiger charge is -2.30. The van der Waals surface area contributed by atoms with Gasteiger partial charge in [0.05, 0.1) is 25.1 Å². The smallest absolute Gasteiger partial charge is 0.244 e. The summed E-state index contributed by atoms with van der Waals surface area (Å²) in [6, 6.07) is 11.3. The number of carbonyl (C=O) groups is 1. The van der Waals surface area contributed by atoms with Gasteiger partial charge in [-0.2, -0.15) is 0 Å².